The quantitative estimate of drug-likeness (QED) is 0.706. The van der Waals surface area contributed by atoms with Crippen molar-refractivity contribution in [1.29, 1.82) is 0 Å². The number of benzene rings is 3. The van der Waals surface area contributed by atoms with Crippen LogP contribution in [0.3, 0.4) is 0 Å². The Labute approximate surface area is 165 Å². The first-order valence-electron chi connectivity index (χ1n) is 9.54. The summed E-state index contributed by atoms with van der Waals surface area (Å²) in [5.41, 5.74) is 2.27. The highest BCUT2D eigenvalue weighted by atomic mass is 16.6. The topological polar surface area (TPSA) is 47.6 Å². The van der Waals surface area contributed by atoms with Crippen LogP contribution in [-0.4, -0.2) is 25.2 Å². The molecule has 1 N–H and O–H groups in total. The van der Waals surface area contributed by atoms with Crippen LogP contribution in [0.25, 0.3) is 0 Å². The predicted molar refractivity (Wildman–Crippen MR) is 109 cm³/mol. The molecule has 4 nitrogen and oxygen atoms in total. The lowest BCUT2D eigenvalue weighted by Crippen LogP contribution is -2.41. The van der Waals surface area contributed by atoms with Gasteiger partial charge in [0.05, 0.1) is 6.54 Å². The fourth-order valence-electron chi connectivity index (χ4n) is 3.45. The molecule has 4 rings (SSSR count). The van der Waals surface area contributed by atoms with Crippen LogP contribution < -0.4 is 14.8 Å². The van der Waals surface area contributed by atoms with Gasteiger partial charge in [-0.15, -0.1) is 0 Å². The maximum Gasteiger partial charge on any atom is 0.221 e. The van der Waals surface area contributed by atoms with Gasteiger partial charge in [0, 0.05) is 12.3 Å². The number of carbonyl (C=O) groups is 1. The van der Waals surface area contributed by atoms with Gasteiger partial charge >= 0.3 is 0 Å². The summed E-state index contributed by atoms with van der Waals surface area (Å²) < 4.78 is 11.6. The maximum absolute atomic E-state index is 12.7. The molecule has 1 atom stereocenters. The maximum atomic E-state index is 12.7. The van der Waals surface area contributed by atoms with E-state index in [0.717, 1.165) is 22.6 Å². The third-order valence-electron chi connectivity index (χ3n) is 4.89. The van der Waals surface area contributed by atoms with Crippen molar-refractivity contribution in [1.82, 2.24) is 5.32 Å². The molecular formula is C24H23NO3. The van der Waals surface area contributed by atoms with E-state index < -0.39 is 0 Å². The molecular weight excluding hydrogens is 350 g/mol. The Kier molecular flexibility index (Phi) is 5.57. The lowest BCUT2D eigenvalue weighted by Gasteiger charge is -2.26. The number of ether oxygens (including phenoxy) is 2. The second-order valence-electron chi connectivity index (χ2n) is 6.88. The summed E-state index contributed by atoms with van der Waals surface area (Å²) in [4.78, 5) is 12.7. The highest BCUT2D eigenvalue weighted by molar-refractivity contribution is 5.77. The SMILES string of the molecule is O=C(CC(c1ccccc1)c1ccccc1)NC[C@H]1COc2ccccc2O1. The average Bonchev–Trinajstić information content (AvgIpc) is 2.77. The third kappa shape index (κ3) is 4.34. The Balaban J connectivity index is 1.39. The molecule has 0 unspecified atom stereocenters. The molecule has 1 aliphatic rings. The minimum atomic E-state index is -0.189. The van der Waals surface area contributed by atoms with Gasteiger partial charge in [-0.1, -0.05) is 72.8 Å². The third-order valence-corrected chi connectivity index (χ3v) is 4.89. The van der Waals surface area contributed by atoms with Gasteiger partial charge in [-0.2, -0.15) is 0 Å². The largest absolute Gasteiger partial charge is 0.486 e. The zero-order valence-electron chi connectivity index (χ0n) is 15.6. The van der Waals surface area contributed by atoms with Gasteiger partial charge in [0.25, 0.3) is 0 Å². The van der Waals surface area contributed by atoms with E-state index in [4.69, 9.17) is 9.47 Å². The molecule has 0 bridgehead atoms. The molecule has 1 amide bonds. The first kappa shape index (κ1) is 18.1. The molecule has 0 saturated carbocycles. The normalized spacial score (nSPS) is 15.2. The summed E-state index contributed by atoms with van der Waals surface area (Å²) in [6.45, 7) is 0.849. The Morgan fingerprint density at radius 2 is 1.43 bits per heavy atom. The number of hydrogen-bond donors (Lipinski definition) is 1. The fourth-order valence-corrected chi connectivity index (χ4v) is 3.45. The van der Waals surface area contributed by atoms with Crippen molar-refractivity contribution >= 4 is 5.91 Å². The summed E-state index contributed by atoms with van der Waals surface area (Å²) in [6, 6.07) is 27.9. The summed E-state index contributed by atoms with van der Waals surface area (Å²) >= 11 is 0. The van der Waals surface area contributed by atoms with E-state index >= 15 is 0 Å². The molecule has 1 aliphatic heterocycles. The van der Waals surface area contributed by atoms with E-state index in [-0.39, 0.29) is 17.9 Å². The molecule has 4 heteroatoms. The van der Waals surface area contributed by atoms with E-state index in [9.17, 15) is 4.79 Å². The van der Waals surface area contributed by atoms with E-state index in [2.05, 4.69) is 29.6 Å². The molecule has 0 fully saturated rings. The Bertz CT molecular complexity index is 872. The Morgan fingerprint density at radius 1 is 0.857 bits per heavy atom. The Hall–Kier alpha value is -3.27. The summed E-state index contributed by atoms with van der Waals surface area (Å²) in [5.74, 6) is 1.49. The van der Waals surface area contributed by atoms with Crippen LogP contribution in [0.4, 0.5) is 0 Å². The number of carbonyl (C=O) groups excluding carboxylic acids is 1. The van der Waals surface area contributed by atoms with Crippen LogP contribution in [-0.2, 0) is 4.79 Å². The van der Waals surface area contributed by atoms with Gasteiger partial charge in [0.1, 0.15) is 12.7 Å². The van der Waals surface area contributed by atoms with E-state index in [0.29, 0.717) is 19.6 Å². The van der Waals surface area contributed by atoms with Gasteiger partial charge < -0.3 is 14.8 Å². The van der Waals surface area contributed by atoms with Crippen LogP contribution >= 0.6 is 0 Å². The number of para-hydroxylation sites is 2. The smallest absolute Gasteiger partial charge is 0.221 e. The number of amides is 1. The van der Waals surface area contributed by atoms with Crippen molar-refractivity contribution in [3.8, 4) is 11.5 Å². The second kappa shape index (κ2) is 8.61. The molecule has 1 heterocycles. The minimum absolute atomic E-state index is 0.000153. The zero-order chi connectivity index (χ0) is 19.2. The monoisotopic (exact) mass is 373 g/mol. The van der Waals surface area contributed by atoms with Crippen molar-refractivity contribution in [3.63, 3.8) is 0 Å². The molecule has 3 aromatic rings. The second-order valence-corrected chi connectivity index (χ2v) is 6.88. The molecule has 0 radical (unpaired) electrons. The Morgan fingerprint density at radius 3 is 2.07 bits per heavy atom. The highest BCUT2D eigenvalue weighted by Gasteiger charge is 2.22. The average molecular weight is 373 g/mol. The van der Waals surface area contributed by atoms with Gasteiger partial charge in [-0.25, -0.2) is 0 Å². The first-order valence-corrected chi connectivity index (χ1v) is 9.54. The van der Waals surface area contributed by atoms with Crippen LogP contribution in [0.15, 0.2) is 84.9 Å². The van der Waals surface area contributed by atoms with Crippen molar-refractivity contribution in [2.24, 2.45) is 0 Å². The summed E-state index contributed by atoms with van der Waals surface area (Å²) in [5, 5.41) is 3.01. The predicted octanol–water partition coefficient (Wildman–Crippen LogP) is 4.16. The van der Waals surface area contributed by atoms with Gasteiger partial charge in [-0.3, -0.25) is 4.79 Å². The van der Waals surface area contributed by atoms with Crippen molar-refractivity contribution in [2.45, 2.75) is 18.4 Å². The zero-order valence-corrected chi connectivity index (χ0v) is 15.6. The van der Waals surface area contributed by atoms with E-state index in [1.54, 1.807) is 0 Å². The number of rotatable bonds is 6. The number of fused-ring (bicyclic) bond motifs is 1. The first-order chi connectivity index (χ1) is 13.8. The molecule has 0 aromatic heterocycles. The van der Waals surface area contributed by atoms with E-state index in [1.807, 2.05) is 60.7 Å². The molecule has 28 heavy (non-hydrogen) atoms. The minimum Gasteiger partial charge on any atom is -0.486 e. The van der Waals surface area contributed by atoms with Gasteiger partial charge in [0.2, 0.25) is 5.91 Å². The molecule has 0 aliphatic carbocycles. The molecule has 3 aromatic carbocycles. The molecule has 142 valence electrons. The van der Waals surface area contributed by atoms with Gasteiger partial charge in [-0.05, 0) is 23.3 Å². The van der Waals surface area contributed by atoms with Crippen molar-refractivity contribution in [2.75, 3.05) is 13.2 Å². The van der Waals surface area contributed by atoms with Crippen molar-refractivity contribution < 1.29 is 14.3 Å². The lowest BCUT2D eigenvalue weighted by atomic mass is 9.88. The number of hydrogen-bond acceptors (Lipinski definition) is 3. The van der Waals surface area contributed by atoms with Crippen LogP contribution in [0, 0.1) is 0 Å². The lowest BCUT2D eigenvalue weighted by molar-refractivity contribution is -0.121. The highest BCUT2D eigenvalue weighted by Crippen LogP contribution is 2.31. The standard InChI is InChI=1S/C24H23NO3/c26-24(25-16-20-17-27-22-13-7-8-14-23(22)28-20)15-21(18-9-3-1-4-10-18)19-11-5-2-6-12-19/h1-14,20-21H,15-17H2,(H,25,26)/t20-/m0/s1. The number of nitrogens with one attached hydrogen (secondary N) is 1. The fraction of sp³-hybridized carbons (Fsp3) is 0.208. The van der Waals surface area contributed by atoms with Gasteiger partial charge in [0.15, 0.2) is 11.5 Å². The summed E-state index contributed by atoms with van der Waals surface area (Å²) in [6.07, 6.45) is 0.198. The van der Waals surface area contributed by atoms with Crippen molar-refractivity contribution in [3.05, 3.63) is 96.1 Å². The van der Waals surface area contributed by atoms with Crippen LogP contribution in [0.5, 0.6) is 11.5 Å². The molecule has 0 spiro atoms. The van der Waals surface area contributed by atoms with Crippen LogP contribution in [0.1, 0.15) is 23.5 Å². The van der Waals surface area contributed by atoms with E-state index in [1.165, 1.54) is 0 Å². The molecule has 0 saturated heterocycles. The van der Waals surface area contributed by atoms with Crippen LogP contribution in [0.2, 0.25) is 0 Å². The summed E-state index contributed by atoms with van der Waals surface area (Å²) in [7, 11) is 0.